The van der Waals surface area contributed by atoms with Crippen LogP contribution in [0, 0.1) is 0 Å². The zero-order valence-electron chi connectivity index (χ0n) is 13.8. The first kappa shape index (κ1) is 14.7. The van der Waals surface area contributed by atoms with Crippen molar-refractivity contribution >= 4 is 8.24 Å². The Morgan fingerprint density at radius 3 is 1.43 bits per heavy atom. The summed E-state index contributed by atoms with van der Waals surface area (Å²) in [6.45, 7) is 3.90. The van der Waals surface area contributed by atoms with Gasteiger partial charge in [0.25, 0.3) is 0 Å². The SMILES string of the molecule is C1CCC([Si](C2CCCC2)(C2CCCC2)N2CCNC2)C1. The first-order valence-corrected chi connectivity index (χ1v) is 12.1. The molecule has 1 saturated heterocycles. The van der Waals surface area contributed by atoms with Gasteiger partial charge in [-0.2, -0.15) is 0 Å². The third kappa shape index (κ3) is 2.44. The summed E-state index contributed by atoms with van der Waals surface area (Å²) in [5, 5.41) is 3.71. The lowest BCUT2D eigenvalue weighted by Gasteiger charge is -2.52. The zero-order chi connectivity index (χ0) is 14.1. The van der Waals surface area contributed by atoms with Crippen LogP contribution >= 0.6 is 0 Å². The van der Waals surface area contributed by atoms with Gasteiger partial charge in [-0.25, -0.2) is 0 Å². The molecule has 0 radical (unpaired) electrons. The number of nitrogens with zero attached hydrogens (tertiary/aromatic N) is 1. The molecule has 0 aromatic heterocycles. The number of hydrogen-bond donors (Lipinski definition) is 1. The molecule has 1 N–H and O–H groups in total. The fraction of sp³-hybridized carbons (Fsp3) is 1.00. The van der Waals surface area contributed by atoms with E-state index in [1.54, 1.807) is 77.0 Å². The Balaban J connectivity index is 1.71. The van der Waals surface area contributed by atoms with Gasteiger partial charge in [0.2, 0.25) is 0 Å². The molecule has 0 aromatic rings. The number of nitrogens with one attached hydrogen (secondary N) is 1. The van der Waals surface area contributed by atoms with E-state index < -0.39 is 8.24 Å². The van der Waals surface area contributed by atoms with E-state index in [9.17, 15) is 0 Å². The lowest BCUT2D eigenvalue weighted by atomic mass is 10.3. The Labute approximate surface area is 132 Å². The highest BCUT2D eigenvalue weighted by molar-refractivity contribution is 6.81. The van der Waals surface area contributed by atoms with Crippen molar-refractivity contribution in [2.45, 2.75) is 93.7 Å². The molecule has 4 aliphatic rings. The highest BCUT2D eigenvalue weighted by Crippen LogP contribution is 2.59. The molecular weight excluding hydrogens is 272 g/mol. The predicted octanol–water partition coefficient (Wildman–Crippen LogP) is 4.63. The molecule has 0 unspecified atom stereocenters. The van der Waals surface area contributed by atoms with E-state index in [2.05, 4.69) is 9.88 Å². The number of rotatable bonds is 4. The maximum absolute atomic E-state index is 3.71. The Kier molecular flexibility index (Phi) is 4.43. The van der Waals surface area contributed by atoms with E-state index in [-0.39, 0.29) is 0 Å². The Hall–Kier alpha value is 0.137. The highest BCUT2D eigenvalue weighted by Gasteiger charge is 2.58. The molecule has 0 atom stereocenters. The van der Waals surface area contributed by atoms with E-state index in [4.69, 9.17) is 0 Å². The molecule has 3 aliphatic carbocycles. The van der Waals surface area contributed by atoms with Crippen LogP contribution in [0.15, 0.2) is 0 Å². The molecule has 1 heterocycles. The third-order valence-electron chi connectivity index (χ3n) is 7.44. The normalized spacial score (nSPS) is 30.9. The zero-order valence-corrected chi connectivity index (χ0v) is 14.8. The number of hydrogen-bond acceptors (Lipinski definition) is 2. The molecule has 3 saturated carbocycles. The van der Waals surface area contributed by atoms with Crippen molar-refractivity contribution in [2.24, 2.45) is 0 Å². The smallest absolute Gasteiger partial charge is 0.139 e. The van der Waals surface area contributed by atoms with Gasteiger partial charge in [0.1, 0.15) is 8.24 Å². The third-order valence-corrected chi connectivity index (χ3v) is 14.6. The quantitative estimate of drug-likeness (QED) is 0.762. The summed E-state index contributed by atoms with van der Waals surface area (Å²) >= 11 is 0. The van der Waals surface area contributed by atoms with Crippen molar-refractivity contribution in [1.82, 2.24) is 9.88 Å². The second kappa shape index (κ2) is 6.33. The maximum atomic E-state index is 3.71. The first-order valence-electron chi connectivity index (χ1n) is 9.88. The van der Waals surface area contributed by atoms with Crippen molar-refractivity contribution in [3.63, 3.8) is 0 Å². The molecular formula is C18H34N2Si. The van der Waals surface area contributed by atoms with Crippen LogP contribution in [0.1, 0.15) is 77.0 Å². The summed E-state index contributed by atoms with van der Waals surface area (Å²) in [5.74, 6) is 0. The second-order valence-corrected chi connectivity index (χ2v) is 13.1. The Morgan fingerprint density at radius 2 is 1.10 bits per heavy atom. The molecule has 120 valence electrons. The van der Waals surface area contributed by atoms with Crippen molar-refractivity contribution in [2.75, 3.05) is 19.8 Å². The van der Waals surface area contributed by atoms with Gasteiger partial charge in [-0.05, 0) is 16.6 Å². The van der Waals surface area contributed by atoms with Crippen molar-refractivity contribution < 1.29 is 0 Å². The van der Waals surface area contributed by atoms with E-state index in [1.165, 1.54) is 19.8 Å². The van der Waals surface area contributed by atoms with E-state index >= 15 is 0 Å². The van der Waals surface area contributed by atoms with Gasteiger partial charge in [0, 0.05) is 19.8 Å². The van der Waals surface area contributed by atoms with Gasteiger partial charge >= 0.3 is 0 Å². The van der Waals surface area contributed by atoms with Crippen LogP contribution in [-0.2, 0) is 0 Å². The average molecular weight is 307 g/mol. The summed E-state index contributed by atoms with van der Waals surface area (Å²) in [5.41, 5.74) is 3.47. The average Bonchev–Trinajstić information content (AvgIpc) is 3.32. The Bertz CT molecular complexity index is 266. The summed E-state index contributed by atoms with van der Waals surface area (Å²) in [4.78, 5) is 0. The minimum absolute atomic E-state index is 1.16. The lowest BCUT2D eigenvalue weighted by molar-refractivity contribution is 0.439. The maximum Gasteiger partial charge on any atom is 0.139 e. The predicted molar refractivity (Wildman–Crippen MR) is 92.0 cm³/mol. The molecule has 4 rings (SSSR count). The van der Waals surface area contributed by atoms with Gasteiger partial charge in [-0.1, -0.05) is 77.0 Å². The fourth-order valence-corrected chi connectivity index (χ4v) is 15.2. The summed E-state index contributed by atoms with van der Waals surface area (Å²) < 4.78 is 3.11. The molecule has 0 aromatic carbocycles. The van der Waals surface area contributed by atoms with Gasteiger partial charge < -0.3 is 9.88 Å². The molecule has 2 nitrogen and oxygen atoms in total. The minimum atomic E-state index is -1.29. The van der Waals surface area contributed by atoms with Gasteiger partial charge in [-0.15, -0.1) is 0 Å². The van der Waals surface area contributed by atoms with E-state index in [1.807, 2.05) is 0 Å². The van der Waals surface area contributed by atoms with E-state index in [0.717, 1.165) is 16.6 Å². The van der Waals surface area contributed by atoms with E-state index in [0.29, 0.717) is 0 Å². The topological polar surface area (TPSA) is 15.3 Å². The molecule has 3 heteroatoms. The molecule has 21 heavy (non-hydrogen) atoms. The largest absolute Gasteiger partial charge is 0.309 e. The van der Waals surface area contributed by atoms with Crippen molar-refractivity contribution in [3.8, 4) is 0 Å². The highest BCUT2D eigenvalue weighted by atomic mass is 28.3. The molecule has 0 spiro atoms. The standard InChI is InChI=1S/C18H34N2Si/c1-2-8-16(7-1)21(17-9-3-4-10-17,18-11-5-6-12-18)20-14-13-19-15-20/h16-19H,1-15H2. The Morgan fingerprint density at radius 1 is 0.667 bits per heavy atom. The van der Waals surface area contributed by atoms with Crippen LogP contribution in [0.5, 0.6) is 0 Å². The van der Waals surface area contributed by atoms with Crippen LogP contribution in [-0.4, -0.2) is 32.6 Å². The van der Waals surface area contributed by atoms with Gasteiger partial charge in [-0.3, -0.25) is 0 Å². The molecule has 0 bridgehead atoms. The lowest BCUT2D eigenvalue weighted by Crippen LogP contribution is -2.61. The van der Waals surface area contributed by atoms with Gasteiger partial charge in [0.15, 0.2) is 0 Å². The summed E-state index contributed by atoms with van der Waals surface area (Å²) in [6.07, 6.45) is 18.8. The van der Waals surface area contributed by atoms with Gasteiger partial charge in [0.05, 0.1) is 0 Å². The molecule has 0 amide bonds. The van der Waals surface area contributed by atoms with Crippen LogP contribution in [0.3, 0.4) is 0 Å². The monoisotopic (exact) mass is 306 g/mol. The fourth-order valence-electron chi connectivity index (χ4n) is 6.78. The summed E-state index contributed by atoms with van der Waals surface area (Å²) in [6, 6.07) is 0. The first-order chi connectivity index (χ1) is 10.4. The molecule has 4 fully saturated rings. The minimum Gasteiger partial charge on any atom is -0.309 e. The van der Waals surface area contributed by atoms with Crippen LogP contribution in [0.4, 0.5) is 0 Å². The van der Waals surface area contributed by atoms with Crippen LogP contribution < -0.4 is 5.32 Å². The summed E-state index contributed by atoms with van der Waals surface area (Å²) in [7, 11) is -1.29. The molecule has 1 aliphatic heterocycles. The van der Waals surface area contributed by atoms with Crippen LogP contribution in [0.2, 0.25) is 16.6 Å². The second-order valence-electron chi connectivity index (χ2n) is 8.25. The van der Waals surface area contributed by atoms with Crippen molar-refractivity contribution in [3.05, 3.63) is 0 Å². The van der Waals surface area contributed by atoms with Crippen LogP contribution in [0.25, 0.3) is 0 Å². The van der Waals surface area contributed by atoms with Crippen molar-refractivity contribution in [1.29, 1.82) is 0 Å².